The van der Waals surface area contributed by atoms with E-state index in [0.717, 1.165) is 24.9 Å². The summed E-state index contributed by atoms with van der Waals surface area (Å²) >= 11 is 1.92. The zero-order chi connectivity index (χ0) is 14.8. The van der Waals surface area contributed by atoms with Crippen LogP contribution >= 0.6 is 11.8 Å². The van der Waals surface area contributed by atoms with Gasteiger partial charge >= 0.3 is 0 Å². The number of hydrogen-bond acceptors (Lipinski definition) is 3. The molecule has 0 saturated carbocycles. The highest BCUT2D eigenvalue weighted by Crippen LogP contribution is 2.29. The molecule has 1 fully saturated rings. The maximum Gasteiger partial charge on any atom is 0.169 e. The second kappa shape index (κ2) is 6.22. The highest BCUT2D eigenvalue weighted by molar-refractivity contribution is 8.00. The Morgan fingerprint density at radius 1 is 1.40 bits per heavy atom. The average Bonchev–Trinajstić information content (AvgIpc) is 2.38. The number of carbonyl (C=O) groups excluding carboxylic acids is 1. The van der Waals surface area contributed by atoms with Crippen molar-refractivity contribution in [1.29, 1.82) is 0 Å². The van der Waals surface area contributed by atoms with Gasteiger partial charge in [0.05, 0.1) is 5.56 Å². The van der Waals surface area contributed by atoms with Crippen molar-refractivity contribution in [3.63, 3.8) is 0 Å². The molecule has 1 aromatic carbocycles. The van der Waals surface area contributed by atoms with E-state index in [0.29, 0.717) is 6.54 Å². The van der Waals surface area contributed by atoms with Crippen LogP contribution in [0.3, 0.4) is 0 Å². The fourth-order valence-electron chi connectivity index (χ4n) is 2.42. The third-order valence-electron chi connectivity index (χ3n) is 3.41. The zero-order valence-electron chi connectivity index (χ0n) is 11.8. The third-order valence-corrected chi connectivity index (χ3v) is 4.71. The van der Waals surface area contributed by atoms with Gasteiger partial charge in [-0.1, -0.05) is 6.07 Å². The first-order chi connectivity index (χ1) is 9.39. The Bertz CT molecular complexity index is 505. The molecule has 20 heavy (non-hydrogen) atoms. The lowest BCUT2D eigenvalue weighted by atomic mass is 10.1. The molecule has 0 atom stereocenters. The number of carbonyl (C=O) groups is 1. The predicted molar refractivity (Wildman–Crippen MR) is 78.3 cm³/mol. The molecule has 0 unspecified atom stereocenters. The SMILES string of the molecule is CC1(C)CN(CCC(=O)c2cccc(F)c2F)CCS1. The molecule has 0 spiro atoms. The van der Waals surface area contributed by atoms with Crippen molar-refractivity contribution in [3.8, 4) is 0 Å². The second-order valence-electron chi connectivity index (χ2n) is 5.66. The normalized spacial score (nSPS) is 19.0. The first-order valence-electron chi connectivity index (χ1n) is 6.72. The molecule has 0 bridgehead atoms. The summed E-state index contributed by atoms with van der Waals surface area (Å²) in [6.45, 7) is 6.80. The summed E-state index contributed by atoms with van der Waals surface area (Å²) in [6.07, 6.45) is 0.223. The van der Waals surface area contributed by atoms with Crippen molar-refractivity contribution in [2.24, 2.45) is 0 Å². The molecular formula is C15H19F2NOS. The summed E-state index contributed by atoms with van der Waals surface area (Å²) in [4.78, 5) is 14.2. The number of halogens is 2. The average molecular weight is 299 g/mol. The summed E-state index contributed by atoms with van der Waals surface area (Å²) in [5, 5.41) is 0. The maximum absolute atomic E-state index is 13.5. The van der Waals surface area contributed by atoms with Crippen LogP contribution in [0.1, 0.15) is 30.6 Å². The van der Waals surface area contributed by atoms with Crippen LogP contribution in [-0.4, -0.2) is 40.8 Å². The summed E-state index contributed by atoms with van der Waals surface area (Å²) in [5.74, 6) is -1.30. The topological polar surface area (TPSA) is 20.3 Å². The van der Waals surface area contributed by atoms with E-state index in [1.54, 1.807) is 0 Å². The number of ketones is 1. The van der Waals surface area contributed by atoms with Crippen LogP contribution in [0.5, 0.6) is 0 Å². The fourth-order valence-corrected chi connectivity index (χ4v) is 3.59. The fraction of sp³-hybridized carbons (Fsp3) is 0.533. The van der Waals surface area contributed by atoms with Crippen LogP contribution in [0.15, 0.2) is 18.2 Å². The highest BCUT2D eigenvalue weighted by atomic mass is 32.2. The molecule has 1 heterocycles. The molecule has 0 aliphatic carbocycles. The molecule has 0 radical (unpaired) electrons. The highest BCUT2D eigenvalue weighted by Gasteiger charge is 2.27. The van der Waals surface area contributed by atoms with Crippen LogP contribution in [0, 0.1) is 11.6 Å². The summed E-state index contributed by atoms with van der Waals surface area (Å²) in [6, 6.07) is 3.74. The van der Waals surface area contributed by atoms with Gasteiger partial charge in [0.15, 0.2) is 17.4 Å². The van der Waals surface area contributed by atoms with E-state index in [1.807, 2.05) is 11.8 Å². The van der Waals surface area contributed by atoms with E-state index in [9.17, 15) is 13.6 Å². The Kier molecular flexibility index (Phi) is 4.81. The van der Waals surface area contributed by atoms with E-state index in [-0.39, 0.29) is 22.5 Å². The lowest BCUT2D eigenvalue weighted by Crippen LogP contribution is -2.43. The van der Waals surface area contributed by atoms with Gasteiger partial charge in [0.1, 0.15) is 0 Å². The molecule has 110 valence electrons. The third kappa shape index (κ3) is 3.79. The monoisotopic (exact) mass is 299 g/mol. The maximum atomic E-state index is 13.5. The number of benzene rings is 1. The Morgan fingerprint density at radius 3 is 2.85 bits per heavy atom. The first-order valence-corrected chi connectivity index (χ1v) is 7.71. The number of thioether (sulfide) groups is 1. The van der Waals surface area contributed by atoms with Crippen molar-refractivity contribution >= 4 is 17.5 Å². The van der Waals surface area contributed by atoms with Gasteiger partial charge in [0, 0.05) is 36.6 Å². The van der Waals surface area contributed by atoms with Crippen LogP contribution in [0.4, 0.5) is 8.78 Å². The van der Waals surface area contributed by atoms with Crippen molar-refractivity contribution < 1.29 is 13.6 Å². The minimum Gasteiger partial charge on any atom is -0.301 e. The van der Waals surface area contributed by atoms with Crippen molar-refractivity contribution in [2.75, 3.05) is 25.4 Å². The van der Waals surface area contributed by atoms with E-state index in [4.69, 9.17) is 0 Å². The van der Waals surface area contributed by atoms with Crippen LogP contribution in [0.2, 0.25) is 0 Å². The molecule has 1 aliphatic rings. The Labute approximate surface area is 122 Å². The van der Waals surface area contributed by atoms with E-state index in [1.165, 1.54) is 12.1 Å². The Hall–Kier alpha value is -0.940. The van der Waals surface area contributed by atoms with Gasteiger partial charge in [-0.15, -0.1) is 0 Å². The van der Waals surface area contributed by atoms with Crippen LogP contribution < -0.4 is 0 Å². The van der Waals surface area contributed by atoms with E-state index >= 15 is 0 Å². The molecule has 1 aliphatic heterocycles. The van der Waals surface area contributed by atoms with Gasteiger partial charge in [0.2, 0.25) is 0 Å². The van der Waals surface area contributed by atoms with Gasteiger partial charge in [-0.25, -0.2) is 8.78 Å². The predicted octanol–water partition coefficient (Wildman–Crippen LogP) is 3.37. The minimum absolute atomic E-state index is 0.143. The quantitative estimate of drug-likeness (QED) is 0.795. The Morgan fingerprint density at radius 2 is 2.15 bits per heavy atom. The molecule has 0 amide bonds. The van der Waals surface area contributed by atoms with Crippen molar-refractivity contribution in [3.05, 3.63) is 35.4 Å². The number of Topliss-reactive ketones (excluding diaryl/α,β-unsaturated/α-hetero) is 1. The molecule has 2 rings (SSSR count). The molecule has 5 heteroatoms. The first kappa shape index (κ1) is 15.4. The van der Waals surface area contributed by atoms with Crippen LogP contribution in [-0.2, 0) is 0 Å². The lowest BCUT2D eigenvalue weighted by molar-refractivity contribution is 0.0957. The lowest BCUT2D eigenvalue weighted by Gasteiger charge is -2.37. The van der Waals surface area contributed by atoms with E-state index in [2.05, 4.69) is 18.7 Å². The Balaban J connectivity index is 1.94. The molecular weight excluding hydrogens is 280 g/mol. The number of rotatable bonds is 4. The van der Waals surface area contributed by atoms with Gasteiger partial charge in [0.25, 0.3) is 0 Å². The molecule has 1 aromatic rings. The van der Waals surface area contributed by atoms with E-state index < -0.39 is 11.6 Å². The molecule has 2 nitrogen and oxygen atoms in total. The van der Waals surface area contributed by atoms with Crippen molar-refractivity contribution in [2.45, 2.75) is 25.0 Å². The molecule has 1 saturated heterocycles. The van der Waals surface area contributed by atoms with Crippen LogP contribution in [0.25, 0.3) is 0 Å². The van der Waals surface area contributed by atoms with Gasteiger partial charge in [-0.05, 0) is 26.0 Å². The summed E-state index contributed by atoms with van der Waals surface area (Å²) in [7, 11) is 0. The van der Waals surface area contributed by atoms with Gasteiger partial charge in [-0.3, -0.25) is 4.79 Å². The molecule has 0 aromatic heterocycles. The summed E-state index contributed by atoms with van der Waals surface area (Å²) < 4.78 is 26.8. The number of nitrogens with zero attached hydrogens (tertiary/aromatic N) is 1. The minimum atomic E-state index is -1.04. The zero-order valence-corrected chi connectivity index (χ0v) is 12.6. The van der Waals surface area contributed by atoms with Gasteiger partial charge < -0.3 is 4.90 Å². The summed E-state index contributed by atoms with van der Waals surface area (Å²) in [5.41, 5.74) is -0.143. The number of hydrogen-bond donors (Lipinski definition) is 0. The smallest absolute Gasteiger partial charge is 0.169 e. The largest absolute Gasteiger partial charge is 0.301 e. The standard InChI is InChI=1S/C15H19F2NOS/c1-15(2)10-18(8-9-20-15)7-6-13(19)11-4-3-5-12(16)14(11)17/h3-5H,6-10H2,1-2H3. The second-order valence-corrected chi connectivity index (χ2v) is 7.46. The van der Waals surface area contributed by atoms with Gasteiger partial charge in [-0.2, -0.15) is 11.8 Å². The van der Waals surface area contributed by atoms with Crippen molar-refractivity contribution in [1.82, 2.24) is 4.90 Å². The molecule has 0 N–H and O–H groups in total.